The van der Waals surface area contributed by atoms with E-state index in [9.17, 15) is 18.6 Å². The van der Waals surface area contributed by atoms with Crippen molar-refractivity contribution in [2.45, 2.75) is 45.3 Å². The fourth-order valence-electron chi connectivity index (χ4n) is 1.87. The maximum atomic E-state index is 11.4. The van der Waals surface area contributed by atoms with Gasteiger partial charge in [-0.05, 0) is 6.42 Å². The van der Waals surface area contributed by atoms with E-state index < -0.39 is 22.2 Å². The topological polar surface area (TPSA) is 96.3 Å². The van der Waals surface area contributed by atoms with Gasteiger partial charge in [-0.25, -0.2) is 8.42 Å². The van der Waals surface area contributed by atoms with E-state index in [2.05, 4.69) is 6.92 Å². The summed E-state index contributed by atoms with van der Waals surface area (Å²) in [5, 5.41) is 19.3. The van der Waals surface area contributed by atoms with E-state index in [1.54, 1.807) is 6.92 Å². The second-order valence-corrected chi connectivity index (χ2v) is 7.30. The highest BCUT2D eigenvalue weighted by Gasteiger charge is 2.18. The number of hydrogen-bond donors (Lipinski definition) is 2. The average molecular weight is 341 g/mol. The highest BCUT2D eigenvalue weighted by molar-refractivity contribution is 7.88. The molecule has 0 rings (SSSR count). The van der Waals surface area contributed by atoms with E-state index in [-0.39, 0.29) is 19.8 Å². The highest BCUT2D eigenvalue weighted by atomic mass is 32.2. The fraction of sp³-hybridized carbons (Fsp3) is 1.00. The average Bonchev–Trinajstić information content (AvgIpc) is 2.44. The van der Waals surface area contributed by atoms with Crippen molar-refractivity contribution in [3.63, 3.8) is 0 Å². The molecule has 0 aromatic carbocycles. The summed E-state index contributed by atoms with van der Waals surface area (Å²) in [5.41, 5.74) is 0. The van der Waals surface area contributed by atoms with Crippen molar-refractivity contribution in [1.29, 1.82) is 0 Å². The van der Waals surface area contributed by atoms with Crippen LogP contribution in [0.15, 0.2) is 0 Å². The molecule has 0 aliphatic carbocycles. The Morgan fingerprint density at radius 3 is 2.05 bits per heavy atom. The van der Waals surface area contributed by atoms with Crippen LogP contribution in [0.4, 0.5) is 0 Å². The van der Waals surface area contributed by atoms with Crippen LogP contribution in [-0.4, -0.2) is 80.9 Å². The molecule has 0 aromatic rings. The number of nitrogens with zero attached hydrogens (tertiary/aromatic N) is 1. The quantitative estimate of drug-likeness (QED) is 0.439. The Morgan fingerprint density at radius 2 is 1.59 bits per heavy atom. The SMILES string of the molecule is CCCCC(O)COCCOCC(O)CN(CC)S(C)(=O)=O. The first-order valence-corrected chi connectivity index (χ1v) is 9.62. The van der Waals surface area contributed by atoms with Gasteiger partial charge in [0, 0.05) is 13.1 Å². The molecular weight excluding hydrogens is 310 g/mol. The summed E-state index contributed by atoms with van der Waals surface area (Å²) >= 11 is 0. The largest absolute Gasteiger partial charge is 0.391 e. The second kappa shape index (κ2) is 12.2. The lowest BCUT2D eigenvalue weighted by Crippen LogP contribution is -2.38. The zero-order valence-electron chi connectivity index (χ0n) is 13.9. The molecule has 0 saturated heterocycles. The third kappa shape index (κ3) is 11.3. The predicted molar refractivity (Wildman–Crippen MR) is 85.3 cm³/mol. The van der Waals surface area contributed by atoms with Crippen LogP contribution in [0.3, 0.4) is 0 Å². The molecule has 0 amide bonds. The molecule has 8 heteroatoms. The van der Waals surface area contributed by atoms with Crippen LogP contribution in [-0.2, 0) is 19.5 Å². The van der Waals surface area contributed by atoms with Gasteiger partial charge in [-0.3, -0.25) is 0 Å². The molecule has 0 saturated carbocycles. The van der Waals surface area contributed by atoms with E-state index in [4.69, 9.17) is 9.47 Å². The molecule has 0 bridgehead atoms. The van der Waals surface area contributed by atoms with Gasteiger partial charge in [0.2, 0.25) is 10.0 Å². The molecule has 7 nitrogen and oxygen atoms in total. The lowest BCUT2D eigenvalue weighted by Gasteiger charge is -2.21. The number of sulfonamides is 1. The van der Waals surface area contributed by atoms with Crippen LogP contribution in [0.1, 0.15) is 33.1 Å². The number of aliphatic hydroxyl groups excluding tert-OH is 2. The van der Waals surface area contributed by atoms with E-state index in [0.717, 1.165) is 25.5 Å². The lowest BCUT2D eigenvalue weighted by molar-refractivity contribution is -0.0207. The molecule has 2 unspecified atom stereocenters. The minimum absolute atomic E-state index is 0.0198. The third-order valence-electron chi connectivity index (χ3n) is 3.12. The third-order valence-corrected chi connectivity index (χ3v) is 4.46. The number of hydrogen-bond acceptors (Lipinski definition) is 6. The van der Waals surface area contributed by atoms with Crippen molar-refractivity contribution < 1.29 is 28.1 Å². The standard InChI is InChI=1S/C14H31NO6S/c1-4-6-7-13(16)11-20-8-9-21-12-14(17)10-15(5-2)22(3,18)19/h13-14,16-17H,4-12H2,1-3H3. The van der Waals surface area contributed by atoms with Gasteiger partial charge >= 0.3 is 0 Å². The van der Waals surface area contributed by atoms with Crippen LogP contribution in [0.5, 0.6) is 0 Å². The zero-order valence-corrected chi connectivity index (χ0v) is 14.7. The molecule has 2 N–H and O–H groups in total. The minimum atomic E-state index is -3.30. The van der Waals surface area contributed by atoms with Gasteiger partial charge in [0.15, 0.2) is 0 Å². The molecule has 2 atom stereocenters. The maximum absolute atomic E-state index is 11.4. The normalized spacial score (nSPS) is 15.2. The van der Waals surface area contributed by atoms with Crippen molar-refractivity contribution in [1.82, 2.24) is 4.31 Å². The highest BCUT2D eigenvalue weighted by Crippen LogP contribution is 2.01. The maximum Gasteiger partial charge on any atom is 0.211 e. The molecule has 134 valence electrons. The van der Waals surface area contributed by atoms with Gasteiger partial charge in [-0.15, -0.1) is 0 Å². The Kier molecular flexibility index (Phi) is 12.1. The molecule has 0 aromatic heterocycles. The van der Waals surface area contributed by atoms with Crippen LogP contribution < -0.4 is 0 Å². The number of unbranched alkanes of at least 4 members (excludes halogenated alkanes) is 1. The summed E-state index contributed by atoms with van der Waals surface area (Å²) in [7, 11) is -3.30. The van der Waals surface area contributed by atoms with Crippen LogP contribution in [0.2, 0.25) is 0 Å². The molecule has 22 heavy (non-hydrogen) atoms. The fourth-order valence-corrected chi connectivity index (χ4v) is 2.78. The molecule has 0 radical (unpaired) electrons. The van der Waals surface area contributed by atoms with Gasteiger partial charge < -0.3 is 19.7 Å². The number of aliphatic hydroxyl groups is 2. The Hall–Kier alpha value is -0.250. The molecule has 0 aliphatic heterocycles. The van der Waals surface area contributed by atoms with Crippen LogP contribution in [0.25, 0.3) is 0 Å². The summed E-state index contributed by atoms with van der Waals surface area (Å²) in [6.45, 7) is 5.07. The minimum Gasteiger partial charge on any atom is -0.391 e. The molecular formula is C14H31NO6S. The van der Waals surface area contributed by atoms with Gasteiger partial charge in [-0.2, -0.15) is 4.31 Å². The number of likely N-dealkylation sites (N-methyl/N-ethyl adjacent to an activating group) is 1. The Morgan fingerprint density at radius 1 is 1.05 bits per heavy atom. The molecule has 0 fully saturated rings. The van der Waals surface area contributed by atoms with Crippen LogP contribution in [0, 0.1) is 0 Å². The molecule has 0 aliphatic rings. The summed E-state index contributed by atoms with van der Waals surface area (Å²) < 4.78 is 34.5. The zero-order chi connectivity index (χ0) is 17.0. The number of ether oxygens (including phenoxy) is 2. The first-order valence-electron chi connectivity index (χ1n) is 7.77. The van der Waals surface area contributed by atoms with E-state index >= 15 is 0 Å². The van der Waals surface area contributed by atoms with Gasteiger partial charge in [0.25, 0.3) is 0 Å². The summed E-state index contributed by atoms with van der Waals surface area (Å²) in [6, 6.07) is 0. The van der Waals surface area contributed by atoms with Crippen molar-refractivity contribution in [3.8, 4) is 0 Å². The van der Waals surface area contributed by atoms with Crippen LogP contribution >= 0.6 is 0 Å². The molecule has 0 spiro atoms. The Balaban J connectivity index is 3.66. The van der Waals surface area contributed by atoms with Crippen molar-refractivity contribution >= 4 is 10.0 Å². The predicted octanol–water partition coefficient (Wildman–Crippen LogP) is 0.213. The van der Waals surface area contributed by atoms with Gasteiger partial charge in [-0.1, -0.05) is 26.7 Å². The monoisotopic (exact) mass is 341 g/mol. The summed E-state index contributed by atoms with van der Waals surface area (Å²) in [5.74, 6) is 0. The Labute approximate surface area is 134 Å². The first-order chi connectivity index (χ1) is 10.3. The first kappa shape index (κ1) is 21.8. The van der Waals surface area contributed by atoms with Crippen molar-refractivity contribution in [3.05, 3.63) is 0 Å². The van der Waals surface area contributed by atoms with Crippen molar-refractivity contribution in [2.75, 3.05) is 45.8 Å². The molecule has 0 heterocycles. The number of rotatable bonds is 14. The summed E-state index contributed by atoms with van der Waals surface area (Å²) in [6.07, 6.45) is 2.54. The van der Waals surface area contributed by atoms with Gasteiger partial charge in [0.1, 0.15) is 0 Å². The van der Waals surface area contributed by atoms with Crippen molar-refractivity contribution in [2.24, 2.45) is 0 Å². The second-order valence-electron chi connectivity index (χ2n) is 5.31. The van der Waals surface area contributed by atoms with E-state index in [1.165, 1.54) is 4.31 Å². The van der Waals surface area contributed by atoms with E-state index in [0.29, 0.717) is 19.8 Å². The summed E-state index contributed by atoms with van der Waals surface area (Å²) in [4.78, 5) is 0. The smallest absolute Gasteiger partial charge is 0.211 e. The van der Waals surface area contributed by atoms with Gasteiger partial charge in [0.05, 0.1) is 44.9 Å². The lowest BCUT2D eigenvalue weighted by atomic mass is 10.2. The Bertz CT molecular complexity index is 362. The van der Waals surface area contributed by atoms with E-state index in [1.807, 2.05) is 0 Å².